The van der Waals surface area contributed by atoms with E-state index in [1.807, 2.05) is 39.0 Å². The van der Waals surface area contributed by atoms with Crippen LogP contribution in [0.2, 0.25) is 46.3 Å². The lowest BCUT2D eigenvalue weighted by Gasteiger charge is -2.40. The monoisotopic (exact) mass is 1050 g/mol. The quantitative estimate of drug-likeness (QED) is 0.0576. The molecule has 4 atom stereocenters. The predicted molar refractivity (Wildman–Crippen MR) is 294 cm³/mol. The number of rotatable bonds is 16. The Labute approximate surface area is 440 Å². The zero-order valence-electron chi connectivity index (χ0n) is 43.3. The number of ketones is 1. The van der Waals surface area contributed by atoms with Crippen molar-refractivity contribution in [2.75, 3.05) is 6.54 Å². The number of halogens is 2. The molecule has 0 aliphatic carbocycles. The van der Waals surface area contributed by atoms with Crippen molar-refractivity contribution in [1.82, 2.24) is 15.5 Å². The van der Waals surface area contributed by atoms with Gasteiger partial charge in [0, 0.05) is 11.1 Å². The summed E-state index contributed by atoms with van der Waals surface area (Å²) in [5, 5.41) is 30.4. The van der Waals surface area contributed by atoms with Crippen molar-refractivity contribution >= 4 is 62.9 Å². The maximum atomic E-state index is 13.4. The van der Waals surface area contributed by atoms with E-state index in [1.165, 1.54) is 0 Å². The van der Waals surface area contributed by atoms with Gasteiger partial charge in [0.2, 0.25) is 29.1 Å². The lowest BCUT2D eigenvalue weighted by molar-refractivity contribution is -0.127. The van der Waals surface area contributed by atoms with E-state index < -0.39 is 28.7 Å². The van der Waals surface area contributed by atoms with Crippen molar-refractivity contribution in [2.45, 2.75) is 144 Å². The smallest absolute Gasteiger partial charge is 0.247 e. The Hall–Kier alpha value is -5.95. The Balaban J connectivity index is 0.000000375. The first-order valence-corrected chi connectivity index (χ1v) is 30.0. The molecular weight excluding hydrogens is 978 g/mol. The van der Waals surface area contributed by atoms with Crippen molar-refractivity contribution in [2.24, 2.45) is 5.92 Å². The summed E-state index contributed by atoms with van der Waals surface area (Å²) in [5.41, 5.74) is 6.52. The van der Waals surface area contributed by atoms with Crippen LogP contribution in [0.25, 0.3) is 21.1 Å². The highest BCUT2D eigenvalue weighted by atomic mass is 35.5. The van der Waals surface area contributed by atoms with Gasteiger partial charge in [-0.15, -0.1) is 10.2 Å². The molecule has 0 unspecified atom stereocenters. The summed E-state index contributed by atoms with van der Waals surface area (Å²) in [6.45, 7) is 44.0. The number of hydrogen-bond donors (Lipinski definition) is 1. The van der Waals surface area contributed by atoms with E-state index in [9.17, 15) is 9.59 Å². The Kier molecular flexibility index (Phi) is 21.1. The van der Waals surface area contributed by atoms with E-state index in [-0.39, 0.29) is 47.8 Å². The number of aromatic nitrogens is 2. The van der Waals surface area contributed by atoms with Gasteiger partial charge >= 0.3 is 0 Å². The first kappa shape index (κ1) is 60.4. The lowest BCUT2D eigenvalue weighted by Crippen LogP contribution is -2.48. The van der Waals surface area contributed by atoms with Gasteiger partial charge in [0.25, 0.3) is 0 Å². The molecule has 1 aromatic heterocycles. The molecule has 5 aromatic rings. The van der Waals surface area contributed by atoms with Crippen molar-refractivity contribution < 1.29 is 22.9 Å². The van der Waals surface area contributed by atoms with Crippen LogP contribution < -0.4 is 5.32 Å². The van der Waals surface area contributed by atoms with Gasteiger partial charge in [-0.3, -0.25) is 9.59 Å². The first-order chi connectivity index (χ1) is 33.1. The van der Waals surface area contributed by atoms with Crippen LogP contribution >= 0.6 is 23.2 Å². The van der Waals surface area contributed by atoms with Crippen LogP contribution in [0.3, 0.4) is 0 Å². The molecule has 0 spiro atoms. The van der Waals surface area contributed by atoms with E-state index in [2.05, 4.69) is 106 Å². The summed E-state index contributed by atoms with van der Waals surface area (Å²) < 4.78 is 19.5. The van der Waals surface area contributed by atoms with Gasteiger partial charge in [-0.1, -0.05) is 109 Å². The van der Waals surface area contributed by atoms with E-state index in [0.29, 0.717) is 62.7 Å². The van der Waals surface area contributed by atoms with Gasteiger partial charge in [-0.2, -0.15) is 10.5 Å². The zero-order chi connectivity index (χ0) is 53.2. The number of amides is 1. The normalized spacial score (nSPS) is 13.3. The molecule has 4 aromatic carbocycles. The van der Waals surface area contributed by atoms with E-state index in [4.69, 9.17) is 60.1 Å². The van der Waals surface area contributed by atoms with Gasteiger partial charge in [0.15, 0.2) is 22.4 Å². The largest absolute Gasteiger partial charge is 0.420 e. The number of carbonyl (C=O) groups excluding carboxylic acids is 2. The Morgan fingerprint density at radius 1 is 0.722 bits per heavy atom. The Bertz CT molecular complexity index is 2880. The molecular formula is C56H69Cl2N7O5Si2. The van der Waals surface area contributed by atoms with Crippen molar-refractivity contribution in [1.29, 1.82) is 10.5 Å². The number of benzene rings is 4. The third kappa shape index (κ3) is 15.1. The summed E-state index contributed by atoms with van der Waals surface area (Å²) in [5.74, 6) is -0.426. The number of nitrogens with one attached hydrogen (secondary N) is 1. The molecule has 0 bridgehead atoms. The topological polar surface area (TPSA) is 160 Å². The third-order valence-corrected chi connectivity index (χ3v) is 24.0. The molecule has 1 heterocycles. The van der Waals surface area contributed by atoms with Crippen molar-refractivity contribution in [3.63, 3.8) is 0 Å². The van der Waals surface area contributed by atoms with E-state index in [0.717, 1.165) is 27.8 Å². The molecule has 1 N–H and O–H groups in total. The lowest BCUT2D eigenvalue weighted by atomic mass is 9.91. The van der Waals surface area contributed by atoms with Gasteiger partial charge in [0.05, 0.1) is 77.0 Å². The maximum absolute atomic E-state index is 13.4. The highest BCUT2D eigenvalue weighted by molar-refractivity contribution is 6.74. The van der Waals surface area contributed by atoms with E-state index in [1.54, 1.807) is 60.7 Å². The van der Waals surface area contributed by atoms with Crippen molar-refractivity contribution in [3.05, 3.63) is 151 Å². The number of nitrogens with zero attached hydrogens (tertiary/aromatic N) is 6. The predicted octanol–water partition coefficient (Wildman–Crippen LogP) is 15.1. The highest BCUT2D eigenvalue weighted by Crippen LogP contribution is 2.42. The fourth-order valence-electron chi connectivity index (χ4n) is 7.20. The summed E-state index contributed by atoms with van der Waals surface area (Å²) in [7, 11) is -4.25. The fraction of sp³-hybridized carbons (Fsp3) is 0.429. The minimum atomic E-state index is -2.18. The minimum Gasteiger partial charge on any atom is -0.420 e. The molecule has 5 rings (SSSR count). The molecule has 0 aliphatic rings. The summed E-state index contributed by atoms with van der Waals surface area (Å²) in [6, 6.07) is 24.7. The molecule has 0 saturated carbocycles. The van der Waals surface area contributed by atoms with Crippen LogP contribution in [0.4, 0.5) is 11.4 Å². The second-order valence-corrected chi connectivity index (χ2v) is 31.1. The van der Waals surface area contributed by atoms with Gasteiger partial charge in [0.1, 0.15) is 0 Å². The molecule has 0 saturated heterocycles. The number of Topliss-reactive ketones (excluding diaryl/α,β-unsaturated/α-hetero) is 1. The van der Waals surface area contributed by atoms with Crippen LogP contribution in [0.5, 0.6) is 0 Å². The highest BCUT2D eigenvalue weighted by Gasteiger charge is 2.42. The number of nitriles is 2. The third-order valence-electron chi connectivity index (χ3n) is 13.9. The number of hydrogen-bond acceptors (Lipinski definition) is 9. The first-order valence-electron chi connectivity index (χ1n) is 23.4. The Morgan fingerprint density at radius 3 is 1.61 bits per heavy atom. The van der Waals surface area contributed by atoms with E-state index >= 15 is 0 Å². The average Bonchev–Trinajstić information content (AvgIpc) is 3.81. The van der Waals surface area contributed by atoms with Gasteiger partial charge in [-0.05, 0) is 135 Å². The SMILES string of the molecule is C.[C-]#[N+]c1ccc(C[C@@H](C(=O)NCC(=O)c2ccc(C#N)cc2)[C@H](C)O[Si](C)(C)C(C)(C)C)c(C)c1Cl.[C-]#[N+]c1ccc(C[C@@H](c2nnc(-c3ccc(C#N)cc3)o2)[C@H](C)O[Si](C)(C)C(C)(C)C)c(C)c1Cl. The molecule has 12 nitrogen and oxygen atoms in total. The summed E-state index contributed by atoms with van der Waals surface area (Å²) in [6.07, 6.45) is 0.337. The molecule has 0 fully saturated rings. The summed E-state index contributed by atoms with van der Waals surface area (Å²) >= 11 is 12.9. The van der Waals surface area contributed by atoms with Crippen molar-refractivity contribution in [3.8, 4) is 23.6 Å². The molecule has 380 valence electrons. The standard InChI is InChI=1S/C28H34ClN3O3Si.C27H31ClN4O2Si.CH4/c1-18-22(13-14-24(31-6)26(18)29)15-23(19(2)35-36(7,8)28(3,4)5)27(34)32-17-25(33)21-11-9-20(16-30)10-12-21;1-17-21(13-14-23(30-6)24(17)28)15-22(18(2)34-35(7,8)27(3,4)5)26-32-31-25(33-26)20-11-9-19(16-29)10-12-20;/h9-14,19,23H,15,17H2,1-5,7-8H3,(H,32,34);9-14,18,22H,15H2,1-5,7-8H3;1H4/t19-,23+;18-,22+;/m00./s1. The second-order valence-electron chi connectivity index (χ2n) is 20.8. The second kappa shape index (κ2) is 25.1. The molecule has 16 heteroatoms. The fourth-order valence-corrected chi connectivity index (χ4v) is 10.6. The molecule has 72 heavy (non-hydrogen) atoms. The molecule has 0 aliphatic heterocycles. The Morgan fingerprint density at radius 2 is 1.17 bits per heavy atom. The van der Waals surface area contributed by atoms with Crippen LogP contribution in [0.1, 0.15) is 118 Å². The average molecular weight is 1050 g/mol. The summed E-state index contributed by atoms with van der Waals surface area (Å²) in [4.78, 5) is 33.0. The van der Waals surface area contributed by atoms with Crippen LogP contribution in [0.15, 0.2) is 77.2 Å². The minimum absolute atomic E-state index is 0. The zero-order valence-corrected chi connectivity index (χ0v) is 46.9. The van der Waals surface area contributed by atoms with Crippen LogP contribution in [-0.4, -0.2) is 57.3 Å². The van der Waals surface area contributed by atoms with Crippen LogP contribution in [0, 0.1) is 55.6 Å². The molecule has 0 radical (unpaired) electrons. The number of carbonyl (C=O) groups is 2. The van der Waals surface area contributed by atoms with Gasteiger partial charge in [-0.25, -0.2) is 9.69 Å². The van der Waals surface area contributed by atoms with Gasteiger partial charge < -0.3 is 18.6 Å². The maximum Gasteiger partial charge on any atom is 0.247 e. The van der Waals surface area contributed by atoms with Crippen LogP contribution in [-0.2, 0) is 26.5 Å². The molecule has 1 amide bonds.